The zero-order chi connectivity index (χ0) is 21.5. The maximum atomic E-state index is 12.7. The van der Waals surface area contributed by atoms with Gasteiger partial charge < -0.3 is 10.1 Å². The molecule has 0 aliphatic heterocycles. The molecule has 0 unspecified atom stereocenters. The first kappa shape index (κ1) is 22.0. The van der Waals surface area contributed by atoms with Crippen molar-refractivity contribution in [3.05, 3.63) is 94.5 Å². The molecular weight excluding hydrogens is 390 g/mol. The Kier molecular flexibility index (Phi) is 7.58. The van der Waals surface area contributed by atoms with Gasteiger partial charge in [-0.2, -0.15) is 0 Å². The summed E-state index contributed by atoms with van der Waals surface area (Å²) in [5.74, 6) is 1.57. The summed E-state index contributed by atoms with van der Waals surface area (Å²) in [6.45, 7) is 8.95. The Morgan fingerprint density at radius 1 is 0.933 bits per heavy atom. The van der Waals surface area contributed by atoms with E-state index in [9.17, 15) is 4.79 Å². The topological polar surface area (TPSA) is 38.3 Å². The fourth-order valence-electron chi connectivity index (χ4n) is 3.35. The summed E-state index contributed by atoms with van der Waals surface area (Å²) in [5.41, 5.74) is 5.50. The Morgan fingerprint density at radius 2 is 1.60 bits per heavy atom. The number of aryl methyl sites for hydroxylation is 3. The quantitative estimate of drug-likeness (QED) is 0.345. The summed E-state index contributed by atoms with van der Waals surface area (Å²) in [7, 11) is 0. The number of carbonyl (C=O) groups is 1. The zero-order valence-electron chi connectivity index (χ0n) is 18.1. The molecule has 0 bridgehead atoms. The lowest BCUT2D eigenvalue weighted by Gasteiger charge is -2.18. The van der Waals surface area contributed by atoms with Crippen LogP contribution < -0.4 is 10.1 Å². The van der Waals surface area contributed by atoms with Crippen LogP contribution >= 0.6 is 11.8 Å². The lowest BCUT2D eigenvalue weighted by atomic mass is 9.96. The molecule has 0 aromatic heterocycles. The van der Waals surface area contributed by atoms with E-state index in [2.05, 4.69) is 50.4 Å². The van der Waals surface area contributed by atoms with E-state index in [0.717, 1.165) is 17.1 Å². The van der Waals surface area contributed by atoms with Gasteiger partial charge in [-0.05, 0) is 86.3 Å². The number of benzene rings is 3. The molecule has 0 aliphatic rings. The number of hydrogen-bond acceptors (Lipinski definition) is 3. The third kappa shape index (κ3) is 5.90. The van der Waals surface area contributed by atoms with Crippen LogP contribution in [0.25, 0.3) is 0 Å². The van der Waals surface area contributed by atoms with E-state index >= 15 is 0 Å². The first-order valence-electron chi connectivity index (χ1n) is 10.2. The van der Waals surface area contributed by atoms with Crippen molar-refractivity contribution in [2.24, 2.45) is 0 Å². The SMILES string of the molecule is Cc1cc(C)c([C@H](C)NC(=O)c2ccc(OCCSc3ccccc3)cc2)cc1C. The van der Waals surface area contributed by atoms with Gasteiger partial charge in [0.05, 0.1) is 12.6 Å². The first-order chi connectivity index (χ1) is 14.4. The van der Waals surface area contributed by atoms with Crippen LogP contribution in [0.1, 0.15) is 45.6 Å². The molecule has 4 heteroatoms. The number of amides is 1. The summed E-state index contributed by atoms with van der Waals surface area (Å²) >= 11 is 1.77. The normalized spacial score (nSPS) is 11.7. The third-order valence-corrected chi connectivity index (χ3v) is 6.15. The second-order valence-electron chi connectivity index (χ2n) is 7.52. The van der Waals surface area contributed by atoms with Crippen molar-refractivity contribution in [2.75, 3.05) is 12.4 Å². The van der Waals surface area contributed by atoms with E-state index in [4.69, 9.17) is 4.74 Å². The molecule has 0 heterocycles. The van der Waals surface area contributed by atoms with Crippen LogP contribution in [0.15, 0.2) is 71.6 Å². The van der Waals surface area contributed by atoms with Gasteiger partial charge in [0.2, 0.25) is 0 Å². The highest BCUT2D eigenvalue weighted by molar-refractivity contribution is 7.99. The van der Waals surface area contributed by atoms with Crippen molar-refractivity contribution in [3.63, 3.8) is 0 Å². The summed E-state index contributed by atoms with van der Waals surface area (Å²) in [4.78, 5) is 13.9. The highest BCUT2D eigenvalue weighted by atomic mass is 32.2. The highest BCUT2D eigenvalue weighted by Crippen LogP contribution is 2.22. The molecule has 3 nitrogen and oxygen atoms in total. The van der Waals surface area contributed by atoms with Crippen molar-refractivity contribution in [3.8, 4) is 5.75 Å². The Hall–Kier alpha value is -2.72. The summed E-state index contributed by atoms with van der Waals surface area (Å²) in [5, 5.41) is 3.11. The lowest BCUT2D eigenvalue weighted by molar-refractivity contribution is 0.0940. The first-order valence-corrected chi connectivity index (χ1v) is 11.2. The van der Waals surface area contributed by atoms with E-state index in [-0.39, 0.29) is 11.9 Å². The number of hydrogen-bond donors (Lipinski definition) is 1. The number of nitrogens with one attached hydrogen (secondary N) is 1. The summed E-state index contributed by atoms with van der Waals surface area (Å²) < 4.78 is 5.80. The van der Waals surface area contributed by atoms with Gasteiger partial charge >= 0.3 is 0 Å². The molecule has 3 aromatic rings. The van der Waals surface area contributed by atoms with E-state index in [1.54, 1.807) is 11.8 Å². The molecule has 156 valence electrons. The van der Waals surface area contributed by atoms with Crippen LogP contribution in [0.5, 0.6) is 5.75 Å². The Morgan fingerprint density at radius 3 is 2.30 bits per heavy atom. The van der Waals surface area contributed by atoms with Crippen molar-refractivity contribution in [2.45, 2.75) is 38.6 Å². The van der Waals surface area contributed by atoms with Crippen molar-refractivity contribution < 1.29 is 9.53 Å². The van der Waals surface area contributed by atoms with Crippen LogP contribution in [0.3, 0.4) is 0 Å². The fourth-order valence-corrected chi connectivity index (χ4v) is 4.10. The molecule has 0 aliphatic carbocycles. The number of ether oxygens (including phenoxy) is 1. The van der Waals surface area contributed by atoms with Crippen molar-refractivity contribution >= 4 is 17.7 Å². The molecular formula is C26H29NO2S. The third-order valence-electron chi connectivity index (χ3n) is 5.18. The number of rotatable bonds is 8. The highest BCUT2D eigenvalue weighted by Gasteiger charge is 2.14. The summed E-state index contributed by atoms with van der Waals surface area (Å²) in [6.07, 6.45) is 0. The Balaban J connectivity index is 1.51. The molecule has 1 amide bonds. The number of thioether (sulfide) groups is 1. The predicted octanol–water partition coefficient (Wildman–Crippen LogP) is 6.27. The lowest BCUT2D eigenvalue weighted by Crippen LogP contribution is -2.27. The smallest absolute Gasteiger partial charge is 0.251 e. The fraction of sp³-hybridized carbons (Fsp3) is 0.269. The zero-order valence-corrected chi connectivity index (χ0v) is 18.9. The minimum Gasteiger partial charge on any atom is -0.493 e. The van der Waals surface area contributed by atoms with Gasteiger partial charge in [-0.1, -0.05) is 30.3 Å². The average Bonchev–Trinajstić information content (AvgIpc) is 2.75. The molecule has 0 saturated heterocycles. The molecule has 3 rings (SSSR count). The Bertz CT molecular complexity index is 984. The van der Waals surface area contributed by atoms with Crippen LogP contribution in [0.4, 0.5) is 0 Å². The van der Waals surface area contributed by atoms with Gasteiger partial charge in [-0.25, -0.2) is 0 Å². The van der Waals surface area contributed by atoms with E-state index < -0.39 is 0 Å². The van der Waals surface area contributed by atoms with Crippen LogP contribution in [-0.4, -0.2) is 18.3 Å². The standard InChI is InChI=1S/C26H29NO2S/c1-18-16-20(3)25(17-19(18)2)21(4)27-26(28)22-10-12-23(13-11-22)29-14-15-30-24-8-6-5-7-9-24/h5-13,16-17,21H,14-15H2,1-4H3,(H,27,28)/t21-/m0/s1. The predicted molar refractivity (Wildman–Crippen MR) is 126 cm³/mol. The van der Waals surface area contributed by atoms with Crippen molar-refractivity contribution in [1.29, 1.82) is 0 Å². The second kappa shape index (κ2) is 10.4. The molecule has 0 fully saturated rings. The molecule has 0 radical (unpaired) electrons. The second-order valence-corrected chi connectivity index (χ2v) is 8.69. The minimum atomic E-state index is -0.0775. The minimum absolute atomic E-state index is 0.0530. The van der Waals surface area contributed by atoms with Crippen LogP contribution in [-0.2, 0) is 0 Å². The average molecular weight is 420 g/mol. The molecule has 0 spiro atoms. The van der Waals surface area contributed by atoms with Crippen molar-refractivity contribution in [1.82, 2.24) is 5.32 Å². The molecule has 0 saturated carbocycles. The van der Waals surface area contributed by atoms with E-state index in [1.165, 1.54) is 21.6 Å². The van der Waals surface area contributed by atoms with Gasteiger partial charge in [0.1, 0.15) is 5.75 Å². The molecule has 30 heavy (non-hydrogen) atoms. The van der Waals surface area contributed by atoms with Gasteiger partial charge in [0.15, 0.2) is 0 Å². The monoisotopic (exact) mass is 419 g/mol. The largest absolute Gasteiger partial charge is 0.493 e. The van der Waals surface area contributed by atoms with Gasteiger partial charge in [0.25, 0.3) is 5.91 Å². The number of carbonyl (C=O) groups excluding carboxylic acids is 1. The van der Waals surface area contributed by atoms with Gasteiger partial charge in [-0.3, -0.25) is 4.79 Å². The maximum Gasteiger partial charge on any atom is 0.251 e. The summed E-state index contributed by atoms with van der Waals surface area (Å²) in [6, 6.07) is 21.9. The molecule has 1 atom stereocenters. The van der Waals surface area contributed by atoms with Gasteiger partial charge in [0, 0.05) is 16.2 Å². The molecule has 3 aromatic carbocycles. The maximum absolute atomic E-state index is 12.7. The van der Waals surface area contributed by atoms with Gasteiger partial charge in [-0.15, -0.1) is 11.8 Å². The van der Waals surface area contributed by atoms with E-state index in [0.29, 0.717) is 12.2 Å². The van der Waals surface area contributed by atoms with Crippen LogP contribution in [0.2, 0.25) is 0 Å². The molecule has 1 N–H and O–H groups in total. The van der Waals surface area contributed by atoms with Crippen LogP contribution in [0, 0.1) is 20.8 Å². The Labute approximate surface area is 183 Å². The van der Waals surface area contributed by atoms with E-state index in [1.807, 2.05) is 49.4 Å².